The number of hydrogen-bond acceptors (Lipinski definition) is 5. The summed E-state index contributed by atoms with van der Waals surface area (Å²) in [4.78, 5) is 28.5. The van der Waals surface area contributed by atoms with Crippen molar-refractivity contribution in [2.45, 2.75) is 6.54 Å². The number of hydrogen-bond donors (Lipinski definition) is 1. The van der Waals surface area contributed by atoms with Crippen LogP contribution in [-0.4, -0.2) is 31.8 Å². The van der Waals surface area contributed by atoms with Crippen LogP contribution in [0.5, 0.6) is 5.75 Å². The third kappa shape index (κ3) is 3.24. The summed E-state index contributed by atoms with van der Waals surface area (Å²) in [6.07, 6.45) is 7.32. The molecule has 1 aromatic rings. The highest BCUT2D eigenvalue weighted by molar-refractivity contribution is 6.24. The Hall–Kier alpha value is -3.15. The molecular weight excluding hydrogens is 320 g/mol. The van der Waals surface area contributed by atoms with E-state index in [1.807, 2.05) is 42.5 Å². The van der Waals surface area contributed by atoms with Crippen LogP contribution >= 0.6 is 0 Å². The van der Waals surface area contributed by atoms with Crippen LogP contribution in [0, 0.1) is 5.92 Å². The zero-order chi connectivity index (χ0) is 17.8. The summed E-state index contributed by atoms with van der Waals surface area (Å²) in [7, 11) is 2.85. The molecule has 1 atom stereocenters. The maximum atomic E-state index is 12.3. The molecule has 0 fully saturated rings. The minimum atomic E-state index is -0.696. The van der Waals surface area contributed by atoms with Crippen molar-refractivity contribution in [3.63, 3.8) is 0 Å². The summed E-state index contributed by atoms with van der Waals surface area (Å²) in [5, 5.41) is 3.22. The van der Waals surface area contributed by atoms with Crippen LogP contribution < -0.4 is 10.1 Å². The minimum Gasteiger partial charge on any atom is -0.496 e. The Balaban J connectivity index is 1.96. The van der Waals surface area contributed by atoms with Gasteiger partial charge in [0.2, 0.25) is 0 Å². The van der Waals surface area contributed by atoms with Crippen LogP contribution in [0.15, 0.2) is 64.8 Å². The smallest absolute Gasteiger partial charge is 0.345 e. The number of allylic oxidation sites excluding steroid dienone is 4. The van der Waals surface area contributed by atoms with Crippen molar-refractivity contribution >= 4 is 17.6 Å². The van der Waals surface area contributed by atoms with Gasteiger partial charge in [-0.25, -0.2) is 9.79 Å². The van der Waals surface area contributed by atoms with Crippen LogP contribution in [-0.2, 0) is 20.9 Å². The van der Waals surface area contributed by atoms with Crippen LogP contribution in [0.2, 0.25) is 0 Å². The Bertz CT molecular complexity index is 834. The summed E-state index contributed by atoms with van der Waals surface area (Å²) in [6.45, 7) is 0.397. The highest BCUT2D eigenvalue weighted by Gasteiger charge is 2.34. The predicted octanol–water partition coefficient (Wildman–Crippen LogP) is 1.94. The number of fused-ring (bicyclic) bond motifs is 1. The molecule has 1 aliphatic carbocycles. The highest BCUT2D eigenvalue weighted by Crippen LogP contribution is 2.27. The number of esters is 1. The molecule has 1 aromatic carbocycles. The number of amides is 1. The van der Waals surface area contributed by atoms with Crippen LogP contribution in [0.25, 0.3) is 0 Å². The van der Waals surface area contributed by atoms with Crippen LogP contribution in [0.1, 0.15) is 5.56 Å². The molecule has 2 aliphatic rings. The molecule has 1 amide bonds. The molecule has 6 nitrogen and oxygen atoms in total. The standard InChI is InChI=1S/C19H18N2O4/c1-24-15-10-6-3-7-12(15)11-20-17-13-8-4-5-9-14(13)21-18(22)16(17)19(23)25-2/h3-10,13,20H,11H2,1-2H3. The fourth-order valence-electron chi connectivity index (χ4n) is 2.86. The Labute approximate surface area is 145 Å². The molecule has 3 rings (SSSR count). The normalized spacial score (nSPS) is 18.6. The second-order valence-electron chi connectivity index (χ2n) is 5.51. The van der Waals surface area contributed by atoms with Gasteiger partial charge in [0.25, 0.3) is 5.91 Å². The van der Waals surface area contributed by atoms with Crippen LogP contribution in [0.3, 0.4) is 0 Å². The van der Waals surface area contributed by atoms with E-state index < -0.39 is 11.9 Å². The lowest BCUT2D eigenvalue weighted by atomic mass is 9.89. The van der Waals surface area contributed by atoms with Gasteiger partial charge in [-0.1, -0.05) is 36.4 Å². The predicted molar refractivity (Wildman–Crippen MR) is 93.1 cm³/mol. The molecular formula is C19H18N2O4. The zero-order valence-electron chi connectivity index (χ0n) is 14.0. The van der Waals surface area contributed by atoms with Gasteiger partial charge in [0.15, 0.2) is 0 Å². The molecule has 1 heterocycles. The second kappa shape index (κ2) is 7.17. The van der Waals surface area contributed by atoms with Gasteiger partial charge < -0.3 is 14.8 Å². The molecule has 128 valence electrons. The number of methoxy groups -OCH3 is 2. The Morgan fingerprint density at radius 3 is 2.80 bits per heavy atom. The molecule has 0 saturated heterocycles. The fraction of sp³-hybridized carbons (Fsp3) is 0.211. The van der Waals surface area contributed by atoms with Crippen molar-refractivity contribution in [1.82, 2.24) is 5.32 Å². The molecule has 0 saturated carbocycles. The molecule has 6 heteroatoms. The summed E-state index contributed by atoms with van der Waals surface area (Å²) in [6, 6.07) is 7.55. The van der Waals surface area contributed by atoms with Crippen molar-refractivity contribution in [3.8, 4) is 5.75 Å². The SMILES string of the molecule is COC(=O)C1=C(NCc2ccccc2OC)C2C=CC=CC2=NC1=O. The number of ether oxygens (including phenoxy) is 2. The average Bonchev–Trinajstić information content (AvgIpc) is 2.65. The van der Waals surface area contributed by atoms with Gasteiger partial charge in [-0.2, -0.15) is 0 Å². The van der Waals surface area contributed by atoms with E-state index in [1.54, 1.807) is 13.2 Å². The summed E-state index contributed by atoms with van der Waals surface area (Å²) >= 11 is 0. The zero-order valence-corrected chi connectivity index (χ0v) is 14.0. The molecule has 25 heavy (non-hydrogen) atoms. The lowest BCUT2D eigenvalue weighted by Gasteiger charge is -2.26. The number of carbonyl (C=O) groups excluding carboxylic acids is 2. The summed E-state index contributed by atoms with van der Waals surface area (Å²) < 4.78 is 10.1. The van der Waals surface area contributed by atoms with Crippen LogP contribution in [0.4, 0.5) is 0 Å². The quantitative estimate of drug-likeness (QED) is 0.656. The second-order valence-corrected chi connectivity index (χ2v) is 5.51. The first-order valence-electron chi connectivity index (χ1n) is 7.81. The third-order valence-electron chi connectivity index (χ3n) is 4.08. The lowest BCUT2D eigenvalue weighted by Crippen LogP contribution is -2.35. The van der Waals surface area contributed by atoms with Gasteiger partial charge >= 0.3 is 5.97 Å². The van der Waals surface area contributed by atoms with Gasteiger partial charge in [0.05, 0.1) is 25.8 Å². The number of benzene rings is 1. The molecule has 1 N–H and O–H groups in total. The third-order valence-corrected chi connectivity index (χ3v) is 4.08. The molecule has 0 spiro atoms. The van der Waals surface area contributed by atoms with Crippen molar-refractivity contribution in [1.29, 1.82) is 0 Å². The molecule has 0 aromatic heterocycles. The number of dihydropyridines is 1. The van der Waals surface area contributed by atoms with Crippen molar-refractivity contribution in [3.05, 3.63) is 65.4 Å². The van der Waals surface area contributed by atoms with E-state index >= 15 is 0 Å². The van der Waals surface area contributed by atoms with E-state index in [1.165, 1.54) is 7.11 Å². The fourth-order valence-corrected chi connectivity index (χ4v) is 2.86. The number of aliphatic imine (C=N–C) groups is 1. The Morgan fingerprint density at radius 2 is 2.04 bits per heavy atom. The van der Waals surface area contributed by atoms with E-state index in [-0.39, 0.29) is 11.5 Å². The summed E-state index contributed by atoms with van der Waals surface area (Å²) in [5.74, 6) is -0.851. The molecule has 0 bridgehead atoms. The number of para-hydroxylation sites is 1. The number of rotatable bonds is 5. The van der Waals surface area contributed by atoms with Crippen molar-refractivity contribution < 1.29 is 19.1 Å². The van der Waals surface area contributed by atoms with Gasteiger partial charge in [0, 0.05) is 17.8 Å². The molecule has 1 unspecified atom stereocenters. The number of nitrogens with zero attached hydrogens (tertiary/aromatic N) is 1. The topological polar surface area (TPSA) is 77.0 Å². The minimum absolute atomic E-state index is 0.0638. The number of nitrogens with one attached hydrogen (secondary N) is 1. The maximum absolute atomic E-state index is 12.3. The van der Waals surface area contributed by atoms with E-state index in [2.05, 4.69) is 10.3 Å². The summed E-state index contributed by atoms with van der Waals surface area (Å²) in [5.41, 5.74) is 1.94. The van der Waals surface area contributed by atoms with Gasteiger partial charge in [0.1, 0.15) is 11.3 Å². The monoisotopic (exact) mass is 338 g/mol. The first kappa shape index (κ1) is 16.7. The maximum Gasteiger partial charge on any atom is 0.345 e. The lowest BCUT2D eigenvalue weighted by molar-refractivity contribution is -0.137. The van der Waals surface area contributed by atoms with E-state index in [0.29, 0.717) is 18.0 Å². The first-order valence-corrected chi connectivity index (χ1v) is 7.81. The van der Waals surface area contributed by atoms with E-state index in [9.17, 15) is 9.59 Å². The largest absolute Gasteiger partial charge is 0.496 e. The molecule has 1 aliphatic heterocycles. The molecule has 0 radical (unpaired) electrons. The number of carbonyl (C=O) groups is 2. The van der Waals surface area contributed by atoms with Gasteiger partial charge in [-0.15, -0.1) is 0 Å². The van der Waals surface area contributed by atoms with Gasteiger partial charge in [-0.05, 0) is 12.1 Å². The van der Waals surface area contributed by atoms with Gasteiger partial charge in [-0.3, -0.25) is 4.79 Å². The highest BCUT2D eigenvalue weighted by atomic mass is 16.5. The Morgan fingerprint density at radius 1 is 1.24 bits per heavy atom. The van der Waals surface area contributed by atoms with Crippen molar-refractivity contribution in [2.24, 2.45) is 10.9 Å². The van der Waals surface area contributed by atoms with E-state index in [4.69, 9.17) is 9.47 Å². The Kier molecular flexibility index (Phi) is 4.79. The van der Waals surface area contributed by atoms with Crippen molar-refractivity contribution in [2.75, 3.05) is 14.2 Å². The average molecular weight is 338 g/mol. The van der Waals surface area contributed by atoms with E-state index in [0.717, 1.165) is 11.3 Å². The first-order chi connectivity index (χ1) is 12.2.